The lowest BCUT2D eigenvalue weighted by Gasteiger charge is -2.10. The normalized spacial score (nSPS) is 11.2. The zero-order chi connectivity index (χ0) is 16.8. The van der Waals surface area contributed by atoms with Gasteiger partial charge in [0.1, 0.15) is 5.69 Å². The molecule has 5 heteroatoms. The topological polar surface area (TPSA) is 74.4 Å². The van der Waals surface area contributed by atoms with Gasteiger partial charge in [-0.2, -0.15) is 0 Å². The zero-order valence-corrected chi connectivity index (χ0v) is 13.5. The smallest absolute Gasteiger partial charge is 0.334 e. The van der Waals surface area contributed by atoms with Gasteiger partial charge < -0.3 is 15.2 Å². The van der Waals surface area contributed by atoms with Crippen molar-refractivity contribution in [2.45, 2.75) is 13.3 Å². The summed E-state index contributed by atoms with van der Waals surface area (Å²) >= 11 is 0. The van der Waals surface area contributed by atoms with E-state index in [1.165, 1.54) is 14.2 Å². The van der Waals surface area contributed by atoms with Crippen LogP contribution in [-0.2, 0) is 16.0 Å². The maximum Gasteiger partial charge on any atom is 0.334 e. The first-order valence-electron chi connectivity index (χ1n) is 7.19. The lowest BCUT2D eigenvalue weighted by atomic mass is 10.0. The number of carbonyl (C=O) groups is 1. The summed E-state index contributed by atoms with van der Waals surface area (Å²) in [4.78, 5) is 16.3. The Balaban J connectivity index is 2.45. The fourth-order valence-corrected chi connectivity index (χ4v) is 2.27. The molecule has 0 spiro atoms. The van der Waals surface area contributed by atoms with Gasteiger partial charge in [-0.3, -0.25) is 0 Å². The average Bonchev–Trinajstić information content (AvgIpc) is 2.57. The van der Waals surface area contributed by atoms with Gasteiger partial charge in [0.25, 0.3) is 0 Å². The summed E-state index contributed by atoms with van der Waals surface area (Å²) in [5.74, 6) is -0.0399. The summed E-state index contributed by atoms with van der Waals surface area (Å²) in [6.45, 7) is 1.84. The molecule has 0 saturated carbocycles. The number of carbonyl (C=O) groups excluding carboxylic acids is 1. The number of nitrogen functional groups attached to an aromatic ring is 1. The zero-order valence-electron chi connectivity index (χ0n) is 13.5. The molecule has 23 heavy (non-hydrogen) atoms. The number of pyridine rings is 1. The van der Waals surface area contributed by atoms with Crippen molar-refractivity contribution in [3.05, 3.63) is 58.8 Å². The lowest BCUT2D eigenvalue weighted by molar-refractivity contribution is -0.136. The quantitative estimate of drug-likeness (QED) is 0.679. The minimum Gasteiger partial charge on any atom is -0.480 e. The first-order chi connectivity index (χ1) is 11.0. The minimum absolute atomic E-state index is 0.347. The lowest BCUT2D eigenvalue weighted by Crippen LogP contribution is -2.08. The van der Waals surface area contributed by atoms with Gasteiger partial charge in [0.15, 0.2) is 0 Å². The SMILES string of the molecule is COC(=O)/C(=C/c1cc(C)nc(OC)c1N)Cc1ccccc1. The molecule has 0 fully saturated rings. The number of hydrogen-bond acceptors (Lipinski definition) is 5. The first-order valence-corrected chi connectivity index (χ1v) is 7.19. The van der Waals surface area contributed by atoms with Gasteiger partial charge in [0.2, 0.25) is 5.88 Å². The summed E-state index contributed by atoms with van der Waals surface area (Å²) < 4.78 is 10.1. The van der Waals surface area contributed by atoms with E-state index in [0.717, 1.165) is 11.3 Å². The van der Waals surface area contributed by atoms with Crippen molar-refractivity contribution >= 4 is 17.7 Å². The number of nitrogens with zero attached hydrogens (tertiary/aromatic N) is 1. The molecule has 0 radical (unpaired) electrons. The number of aromatic nitrogens is 1. The van der Waals surface area contributed by atoms with Gasteiger partial charge >= 0.3 is 5.97 Å². The molecule has 0 aliphatic heterocycles. The first kappa shape index (κ1) is 16.5. The van der Waals surface area contributed by atoms with E-state index < -0.39 is 0 Å². The summed E-state index contributed by atoms with van der Waals surface area (Å²) in [6, 6.07) is 11.5. The van der Waals surface area contributed by atoms with Crippen LogP contribution in [0.3, 0.4) is 0 Å². The van der Waals surface area contributed by atoms with Crippen molar-refractivity contribution in [3.63, 3.8) is 0 Å². The second kappa shape index (κ2) is 7.45. The molecule has 120 valence electrons. The third-order valence-corrected chi connectivity index (χ3v) is 3.39. The predicted molar refractivity (Wildman–Crippen MR) is 90.1 cm³/mol. The Bertz CT molecular complexity index is 725. The summed E-state index contributed by atoms with van der Waals surface area (Å²) in [5, 5.41) is 0. The number of anilines is 1. The molecule has 5 nitrogen and oxygen atoms in total. The fraction of sp³-hybridized carbons (Fsp3) is 0.222. The number of rotatable bonds is 5. The molecule has 1 aromatic heterocycles. The monoisotopic (exact) mass is 312 g/mol. The molecular formula is C18H20N2O3. The van der Waals surface area contributed by atoms with Crippen LogP contribution in [0, 0.1) is 6.92 Å². The Labute approximate surface area is 135 Å². The standard InChI is InChI=1S/C18H20N2O3/c1-12-9-14(16(19)17(20-12)22-2)11-15(18(21)23-3)10-13-7-5-4-6-8-13/h4-9,11H,10,19H2,1-3H3/b15-11+. The van der Waals surface area contributed by atoms with Crippen molar-refractivity contribution in [2.75, 3.05) is 20.0 Å². The summed E-state index contributed by atoms with van der Waals surface area (Å²) in [5.41, 5.74) is 9.43. The van der Waals surface area contributed by atoms with Crippen molar-refractivity contribution < 1.29 is 14.3 Å². The average molecular weight is 312 g/mol. The molecule has 0 amide bonds. The number of ether oxygens (including phenoxy) is 2. The molecule has 0 atom stereocenters. The van der Waals surface area contributed by atoms with Gasteiger partial charge in [-0.15, -0.1) is 0 Å². The molecule has 0 saturated heterocycles. The van der Waals surface area contributed by atoms with Crippen LogP contribution in [0.5, 0.6) is 5.88 Å². The minimum atomic E-state index is -0.387. The summed E-state index contributed by atoms with van der Waals surface area (Å²) in [6.07, 6.45) is 2.18. The maximum absolute atomic E-state index is 12.1. The van der Waals surface area contributed by atoms with E-state index in [4.69, 9.17) is 15.2 Å². The van der Waals surface area contributed by atoms with Crippen molar-refractivity contribution in [2.24, 2.45) is 0 Å². The molecule has 1 heterocycles. The highest BCUT2D eigenvalue weighted by Gasteiger charge is 2.14. The number of hydrogen-bond donors (Lipinski definition) is 1. The van der Waals surface area contributed by atoms with Crippen LogP contribution < -0.4 is 10.5 Å². The molecule has 0 aliphatic carbocycles. The predicted octanol–water partition coefficient (Wildman–Crippen LogP) is 2.78. The van der Waals surface area contributed by atoms with Gasteiger partial charge in [-0.25, -0.2) is 9.78 Å². The molecule has 2 aromatic rings. The van der Waals surface area contributed by atoms with Gasteiger partial charge in [0, 0.05) is 23.3 Å². The Morgan fingerprint density at radius 1 is 1.26 bits per heavy atom. The number of esters is 1. The summed E-state index contributed by atoms with van der Waals surface area (Å²) in [7, 11) is 2.87. The Kier molecular flexibility index (Phi) is 5.36. The van der Waals surface area contributed by atoms with Crippen molar-refractivity contribution in [3.8, 4) is 5.88 Å². The van der Waals surface area contributed by atoms with Crippen LogP contribution in [0.2, 0.25) is 0 Å². The largest absolute Gasteiger partial charge is 0.480 e. The molecule has 0 bridgehead atoms. The van der Waals surface area contributed by atoms with Crippen LogP contribution in [0.15, 0.2) is 42.0 Å². The Hall–Kier alpha value is -2.82. The van der Waals surface area contributed by atoms with Gasteiger partial charge in [0.05, 0.1) is 14.2 Å². The number of methoxy groups -OCH3 is 2. The van der Waals surface area contributed by atoms with E-state index in [1.807, 2.05) is 43.3 Å². The molecular weight excluding hydrogens is 292 g/mol. The Morgan fingerprint density at radius 2 is 1.96 bits per heavy atom. The Morgan fingerprint density at radius 3 is 2.57 bits per heavy atom. The number of nitrogens with two attached hydrogens (primary N) is 1. The van der Waals surface area contributed by atoms with E-state index in [2.05, 4.69) is 4.98 Å². The highest BCUT2D eigenvalue weighted by molar-refractivity contribution is 5.95. The fourth-order valence-electron chi connectivity index (χ4n) is 2.27. The van der Waals surface area contributed by atoms with E-state index in [0.29, 0.717) is 29.1 Å². The number of benzene rings is 1. The van der Waals surface area contributed by atoms with Crippen LogP contribution >= 0.6 is 0 Å². The molecule has 2 N–H and O–H groups in total. The third-order valence-electron chi connectivity index (χ3n) is 3.39. The molecule has 0 aliphatic rings. The van der Waals surface area contributed by atoms with E-state index in [1.54, 1.807) is 6.08 Å². The van der Waals surface area contributed by atoms with Crippen LogP contribution in [0.25, 0.3) is 6.08 Å². The van der Waals surface area contributed by atoms with Crippen molar-refractivity contribution in [1.82, 2.24) is 4.98 Å². The van der Waals surface area contributed by atoms with Crippen molar-refractivity contribution in [1.29, 1.82) is 0 Å². The van der Waals surface area contributed by atoms with Crippen LogP contribution in [0.1, 0.15) is 16.8 Å². The van der Waals surface area contributed by atoms with Crippen LogP contribution in [0.4, 0.5) is 5.69 Å². The van der Waals surface area contributed by atoms with Gasteiger partial charge in [-0.1, -0.05) is 30.3 Å². The third kappa shape index (κ3) is 4.10. The second-order valence-corrected chi connectivity index (χ2v) is 5.10. The van der Waals surface area contributed by atoms with Crippen LogP contribution in [-0.4, -0.2) is 25.2 Å². The molecule has 2 rings (SSSR count). The molecule has 1 aromatic carbocycles. The van der Waals surface area contributed by atoms with Gasteiger partial charge in [-0.05, 0) is 24.6 Å². The van der Waals surface area contributed by atoms with E-state index in [9.17, 15) is 4.79 Å². The molecule has 0 unspecified atom stereocenters. The van der Waals surface area contributed by atoms with E-state index in [-0.39, 0.29) is 5.97 Å². The highest BCUT2D eigenvalue weighted by atomic mass is 16.5. The van der Waals surface area contributed by atoms with E-state index >= 15 is 0 Å². The number of aryl methyl sites for hydroxylation is 1. The second-order valence-electron chi connectivity index (χ2n) is 5.10. The maximum atomic E-state index is 12.1. The highest BCUT2D eigenvalue weighted by Crippen LogP contribution is 2.26.